The molecule has 8 nitrogen and oxygen atoms in total. The van der Waals surface area contributed by atoms with Crippen LogP contribution in [0.4, 0.5) is 5.13 Å². The third-order valence-electron chi connectivity index (χ3n) is 7.58. The topological polar surface area (TPSA) is 83.0 Å². The number of piperidine rings is 1. The van der Waals surface area contributed by atoms with Crippen molar-refractivity contribution in [2.24, 2.45) is 5.92 Å². The average molecular weight is 591 g/mol. The summed E-state index contributed by atoms with van der Waals surface area (Å²) in [5, 5.41) is 1.22. The number of carbonyl (C=O) groups is 1. The number of nitrogens with zero attached hydrogens (tertiary/aromatic N) is 4. The minimum atomic E-state index is -3.63. The first-order valence-corrected chi connectivity index (χ1v) is 16.3. The van der Waals surface area contributed by atoms with Gasteiger partial charge in [-0.2, -0.15) is 4.31 Å². The Morgan fingerprint density at radius 2 is 1.82 bits per heavy atom. The summed E-state index contributed by atoms with van der Waals surface area (Å²) in [5.41, 5.74) is 2.14. The number of fused-ring (bicyclic) bond motifs is 1. The van der Waals surface area contributed by atoms with E-state index in [1.54, 1.807) is 23.5 Å². The first-order chi connectivity index (χ1) is 18.9. The van der Waals surface area contributed by atoms with Gasteiger partial charge in [-0.15, -0.1) is 0 Å². The van der Waals surface area contributed by atoms with E-state index in [0.29, 0.717) is 37.5 Å². The molecule has 2 aromatic carbocycles. The van der Waals surface area contributed by atoms with Crippen molar-refractivity contribution in [1.29, 1.82) is 0 Å². The zero-order chi connectivity index (χ0) is 27.4. The summed E-state index contributed by atoms with van der Waals surface area (Å²) >= 11 is 7.50. The van der Waals surface area contributed by atoms with Gasteiger partial charge in [0.05, 0.1) is 28.3 Å². The van der Waals surface area contributed by atoms with Gasteiger partial charge in [0.25, 0.3) is 0 Å². The SMILES string of the molecule is CCc1cccc2sc(N(CCCN3CCOCC3)C(=O)C3CCN(S(=O)(=O)c4ccc(Cl)cc4)CC3)nc12. The number of morpholine rings is 1. The number of thiazole rings is 1. The second-order valence-electron chi connectivity index (χ2n) is 10.0. The Bertz CT molecular complexity index is 1380. The number of ether oxygens (including phenoxy) is 1. The van der Waals surface area contributed by atoms with Gasteiger partial charge in [-0.1, -0.05) is 42.0 Å². The van der Waals surface area contributed by atoms with E-state index < -0.39 is 10.0 Å². The van der Waals surface area contributed by atoms with E-state index >= 15 is 0 Å². The molecule has 0 bridgehead atoms. The van der Waals surface area contributed by atoms with E-state index in [2.05, 4.69) is 24.0 Å². The monoisotopic (exact) mass is 590 g/mol. The Labute approximate surface area is 239 Å². The quantitative estimate of drug-likeness (QED) is 0.360. The molecule has 5 rings (SSSR count). The van der Waals surface area contributed by atoms with E-state index in [0.717, 1.165) is 61.0 Å². The van der Waals surface area contributed by atoms with Crippen LogP contribution >= 0.6 is 22.9 Å². The zero-order valence-electron chi connectivity index (χ0n) is 22.2. The number of para-hydroxylation sites is 1. The van der Waals surface area contributed by atoms with Gasteiger partial charge in [0.2, 0.25) is 15.9 Å². The lowest BCUT2D eigenvalue weighted by Gasteiger charge is -2.33. The van der Waals surface area contributed by atoms with Crippen LogP contribution < -0.4 is 4.90 Å². The molecule has 1 amide bonds. The van der Waals surface area contributed by atoms with Crippen molar-refractivity contribution in [1.82, 2.24) is 14.2 Å². The molecule has 0 aliphatic carbocycles. The normalized spacial score (nSPS) is 18.0. The fourth-order valence-corrected chi connectivity index (χ4v) is 7.93. The highest BCUT2D eigenvalue weighted by molar-refractivity contribution is 7.89. The fourth-order valence-electron chi connectivity index (χ4n) is 5.29. The minimum Gasteiger partial charge on any atom is -0.379 e. The van der Waals surface area contributed by atoms with E-state index in [1.165, 1.54) is 22.0 Å². The summed E-state index contributed by atoms with van der Waals surface area (Å²) in [4.78, 5) is 23.4. The van der Waals surface area contributed by atoms with Crippen LogP contribution in [0.15, 0.2) is 47.4 Å². The van der Waals surface area contributed by atoms with E-state index in [9.17, 15) is 13.2 Å². The maximum Gasteiger partial charge on any atom is 0.243 e. The molecule has 1 aromatic heterocycles. The summed E-state index contributed by atoms with van der Waals surface area (Å²) < 4.78 is 34.3. The molecule has 0 saturated carbocycles. The first-order valence-electron chi connectivity index (χ1n) is 13.6. The molecule has 0 N–H and O–H groups in total. The van der Waals surface area contributed by atoms with Gasteiger partial charge in [-0.05, 0) is 61.6 Å². The van der Waals surface area contributed by atoms with E-state index in [4.69, 9.17) is 21.3 Å². The number of carbonyl (C=O) groups excluding carboxylic acids is 1. The molecule has 0 unspecified atom stereocenters. The Hall–Kier alpha value is -2.08. The number of benzene rings is 2. The first kappa shape index (κ1) is 28.4. The molecule has 0 atom stereocenters. The highest BCUT2D eigenvalue weighted by Gasteiger charge is 2.35. The minimum absolute atomic E-state index is 0.0395. The number of sulfonamides is 1. The van der Waals surface area contributed by atoms with Crippen molar-refractivity contribution in [2.45, 2.75) is 37.5 Å². The number of rotatable bonds is 9. The molecule has 2 aliphatic heterocycles. The van der Waals surface area contributed by atoms with Crippen LogP contribution in [0.1, 0.15) is 31.7 Å². The maximum atomic E-state index is 14.0. The molecule has 3 heterocycles. The highest BCUT2D eigenvalue weighted by atomic mass is 35.5. The molecular weight excluding hydrogens is 556 g/mol. The van der Waals surface area contributed by atoms with Gasteiger partial charge in [-0.3, -0.25) is 14.6 Å². The van der Waals surface area contributed by atoms with Crippen molar-refractivity contribution in [3.05, 3.63) is 53.1 Å². The largest absolute Gasteiger partial charge is 0.379 e. The Morgan fingerprint density at radius 3 is 2.51 bits per heavy atom. The summed E-state index contributed by atoms with van der Waals surface area (Å²) in [5.74, 6) is -0.208. The molecule has 39 heavy (non-hydrogen) atoms. The van der Waals surface area contributed by atoms with Gasteiger partial charge in [0.1, 0.15) is 0 Å². The van der Waals surface area contributed by atoms with Crippen molar-refractivity contribution in [3.8, 4) is 0 Å². The number of amides is 1. The van der Waals surface area contributed by atoms with Crippen LogP contribution in [0.2, 0.25) is 5.02 Å². The third-order valence-corrected chi connectivity index (χ3v) is 10.8. The number of hydrogen-bond donors (Lipinski definition) is 0. The second kappa shape index (κ2) is 12.6. The van der Waals surface area contributed by atoms with Crippen LogP contribution in [-0.4, -0.2) is 81.0 Å². The molecule has 2 fully saturated rings. The molecule has 3 aromatic rings. The molecule has 0 spiro atoms. The number of aromatic nitrogens is 1. The second-order valence-corrected chi connectivity index (χ2v) is 13.4. The number of anilines is 1. The molecule has 2 aliphatic rings. The molecule has 11 heteroatoms. The molecule has 2 saturated heterocycles. The van der Waals surface area contributed by atoms with Gasteiger partial charge in [0, 0.05) is 50.2 Å². The molecule has 0 radical (unpaired) electrons. The summed E-state index contributed by atoms with van der Waals surface area (Å²) in [6, 6.07) is 12.4. The number of halogens is 1. The van der Waals surface area contributed by atoms with E-state index in [1.807, 2.05) is 11.0 Å². The third kappa shape index (κ3) is 6.47. The van der Waals surface area contributed by atoms with Crippen LogP contribution in [0.5, 0.6) is 0 Å². The average Bonchev–Trinajstić information content (AvgIpc) is 3.40. The number of hydrogen-bond acceptors (Lipinski definition) is 7. The number of aryl methyl sites for hydroxylation is 1. The Morgan fingerprint density at radius 1 is 1.10 bits per heavy atom. The Balaban J connectivity index is 1.31. The van der Waals surface area contributed by atoms with Crippen LogP contribution in [0, 0.1) is 5.92 Å². The predicted octanol–water partition coefficient (Wildman–Crippen LogP) is 4.67. The Kier molecular flexibility index (Phi) is 9.20. The van der Waals surface area contributed by atoms with Crippen LogP contribution in [0.25, 0.3) is 10.2 Å². The fraction of sp³-hybridized carbons (Fsp3) is 0.500. The molecular formula is C28H35ClN4O4S2. The summed E-state index contributed by atoms with van der Waals surface area (Å²) in [7, 11) is -3.63. The van der Waals surface area contributed by atoms with Gasteiger partial charge < -0.3 is 4.74 Å². The van der Waals surface area contributed by atoms with Gasteiger partial charge >= 0.3 is 0 Å². The summed E-state index contributed by atoms with van der Waals surface area (Å²) in [6.45, 7) is 7.54. The predicted molar refractivity (Wildman–Crippen MR) is 156 cm³/mol. The summed E-state index contributed by atoms with van der Waals surface area (Å²) in [6.07, 6.45) is 2.69. The standard InChI is InChI=1S/C28H35ClN4O4S2/c1-2-21-5-3-6-25-26(21)30-28(38-25)33(14-4-13-31-17-19-37-20-18-31)27(34)22-11-15-32(16-12-22)39(35,36)24-9-7-23(29)8-10-24/h3,5-10,22H,2,4,11-20H2,1H3. The van der Waals surface area contributed by atoms with Crippen LogP contribution in [0.3, 0.4) is 0 Å². The zero-order valence-corrected chi connectivity index (χ0v) is 24.6. The lowest BCUT2D eigenvalue weighted by atomic mass is 9.96. The van der Waals surface area contributed by atoms with Gasteiger partial charge in [-0.25, -0.2) is 13.4 Å². The van der Waals surface area contributed by atoms with E-state index in [-0.39, 0.29) is 16.7 Å². The lowest BCUT2D eigenvalue weighted by molar-refractivity contribution is -0.123. The maximum absolute atomic E-state index is 14.0. The van der Waals surface area contributed by atoms with Crippen molar-refractivity contribution in [3.63, 3.8) is 0 Å². The van der Waals surface area contributed by atoms with Crippen LogP contribution in [-0.2, 0) is 26.0 Å². The smallest absolute Gasteiger partial charge is 0.243 e. The van der Waals surface area contributed by atoms with Crippen molar-refractivity contribution >= 4 is 54.2 Å². The lowest BCUT2D eigenvalue weighted by Crippen LogP contribution is -2.45. The van der Waals surface area contributed by atoms with Crippen molar-refractivity contribution < 1.29 is 17.9 Å². The van der Waals surface area contributed by atoms with Crippen molar-refractivity contribution in [2.75, 3.05) is 57.4 Å². The van der Waals surface area contributed by atoms with Gasteiger partial charge in [0.15, 0.2) is 5.13 Å². The highest BCUT2D eigenvalue weighted by Crippen LogP contribution is 2.34. The molecule has 210 valence electrons.